The second kappa shape index (κ2) is 4.74. The molecule has 1 amide bonds. The first kappa shape index (κ1) is 13.1. The summed E-state index contributed by atoms with van der Waals surface area (Å²) in [5.41, 5.74) is 0.498. The zero-order chi connectivity index (χ0) is 13.3. The first-order valence-electron chi connectivity index (χ1n) is 6.22. The van der Waals surface area contributed by atoms with E-state index < -0.39 is 5.41 Å². The number of nitrogens with one attached hydrogen (secondary N) is 1. The van der Waals surface area contributed by atoms with E-state index in [-0.39, 0.29) is 5.91 Å². The molecule has 1 aliphatic carbocycles. The molecule has 2 rings (SSSR count). The molecule has 1 fully saturated rings. The smallest absolute Gasteiger partial charge is 0.240 e. The molecule has 1 aromatic heterocycles. The molecular formula is C14H18N2OS. The van der Waals surface area contributed by atoms with E-state index in [4.69, 9.17) is 5.26 Å². The average molecular weight is 262 g/mol. The SMILES string of the molecule is Cc1cc(CNC(=O)C2(C#N)CC(C)C2)sc1C. The van der Waals surface area contributed by atoms with Crippen LogP contribution >= 0.6 is 11.3 Å². The van der Waals surface area contributed by atoms with Crippen molar-refractivity contribution in [1.29, 1.82) is 5.26 Å². The molecular weight excluding hydrogens is 244 g/mol. The lowest BCUT2D eigenvalue weighted by atomic mass is 9.63. The van der Waals surface area contributed by atoms with E-state index in [1.54, 1.807) is 11.3 Å². The zero-order valence-corrected chi connectivity index (χ0v) is 11.9. The van der Waals surface area contributed by atoms with Gasteiger partial charge < -0.3 is 5.32 Å². The molecule has 1 aliphatic rings. The molecule has 0 atom stereocenters. The van der Waals surface area contributed by atoms with Crippen molar-refractivity contribution in [3.8, 4) is 6.07 Å². The second-order valence-electron chi connectivity index (χ2n) is 5.34. The molecule has 0 aromatic carbocycles. The number of thiophene rings is 1. The molecule has 96 valence electrons. The van der Waals surface area contributed by atoms with Crippen molar-refractivity contribution in [2.45, 2.75) is 40.2 Å². The van der Waals surface area contributed by atoms with E-state index in [0.29, 0.717) is 25.3 Å². The summed E-state index contributed by atoms with van der Waals surface area (Å²) in [5.74, 6) is 0.383. The van der Waals surface area contributed by atoms with Gasteiger partial charge in [0.15, 0.2) is 0 Å². The standard InChI is InChI=1S/C14H18N2OS/c1-9-5-14(6-9,8-15)13(17)16-7-12-4-10(2)11(3)18-12/h4,9H,5-7H2,1-3H3,(H,16,17). The quantitative estimate of drug-likeness (QED) is 0.910. The molecule has 0 spiro atoms. The van der Waals surface area contributed by atoms with Gasteiger partial charge in [-0.05, 0) is 44.2 Å². The number of nitrogens with zero attached hydrogens (tertiary/aromatic N) is 1. The van der Waals surface area contributed by atoms with Gasteiger partial charge in [-0.25, -0.2) is 0 Å². The van der Waals surface area contributed by atoms with Crippen molar-refractivity contribution in [2.75, 3.05) is 0 Å². The maximum atomic E-state index is 12.1. The van der Waals surface area contributed by atoms with E-state index in [2.05, 4.69) is 38.2 Å². The topological polar surface area (TPSA) is 52.9 Å². The minimum atomic E-state index is -0.763. The molecule has 1 N–H and O–H groups in total. The third-order valence-corrected chi connectivity index (χ3v) is 4.84. The molecule has 1 saturated carbocycles. The van der Waals surface area contributed by atoms with Crippen LogP contribution in [0.5, 0.6) is 0 Å². The fraction of sp³-hybridized carbons (Fsp3) is 0.571. The highest BCUT2D eigenvalue weighted by Gasteiger charge is 2.48. The summed E-state index contributed by atoms with van der Waals surface area (Å²) in [7, 11) is 0. The molecule has 0 unspecified atom stereocenters. The Kier molecular flexibility index (Phi) is 3.45. The largest absolute Gasteiger partial charge is 0.350 e. The Morgan fingerprint density at radius 2 is 2.28 bits per heavy atom. The van der Waals surface area contributed by atoms with Gasteiger partial charge in [0.2, 0.25) is 5.91 Å². The number of amides is 1. The van der Waals surface area contributed by atoms with Crippen LogP contribution < -0.4 is 5.32 Å². The van der Waals surface area contributed by atoms with E-state index in [1.807, 2.05) is 0 Å². The highest BCUT2D eigenvalue weighted by Crippen LogP contribution is 2.45. The summed E-state index contributed by atoms with van der Waals surface area (Å²) in [6.45, 7) is 6.77. The molecule has 0 aliphatic heterocycles. The number of hydrogen-bond donors (Lipinski definition) is 1. The predicted octanol–water partition coefficient (Wildman–Crippen LogP) is 2.92. The number of carbonyl (C=O) groups is 1. The lowest BCUT2D eigenvalue weighted by Crippen LogP contribution is -2.47. The molecule has 0 bridgehead atoms. The number of rotatable bonds is 3. The molecule has 1 heterocycles. The van der Waals surface area contributed by atoms with Gasteiger partial charge in [0.1, 0.15) is 5.41 Å². The van der Waals surface area contributed by atoms with Crippen molar-refractivity contribution in [3.63, 3.8) is 0 Å². The molecule has 0 saturated heterocycles. The van der Waals surface area contributed by atoms with Gasteiger partial charge in [-0.15, -0.1) is 11.3 Å². The highest BCUT2D eigenvalue weighted by atomic mass is 32.1. The fourth-order valence-electron chi connectivity index (χ4n) is 2.53. The summed E-state index contributed by atoms with van der Waals surface area (Å²) in [6, 6.07) is 4.29. The lowest BCUT2D eigenvalue weighted by molar-refractivity contribution is -0.134. The summed E-state index contributed by atoms with van der Waals surface area (Å²) in [5, 5.41) is 12.1. The van der Waals surface area contributed by atoms with Gasteiger partial charge in [0, 0.05) is 9.75 Å². The van der Waals surface area contributed by atoms with Crippen molar-refractivity contribution in [3.05, 3.63) is 21.4 Å². The minimum Gasteiger partial charge on any atom is -0.350 e. The lowest BCUT2D eigenvalue weighted by Gasteiger charge is -2.39. The molecule has 4 heteroatoms. The molecule has 0 radical (unpaired) electrons. The summed E-state index contributed by atoms with van der Waals surface area (Å²) in [4.78, 5) is 14.5. The van der Waals surface area contributed by atoms with Gasteiger partial charge in [-0.2, -0.15) is 5.26 Å². The third-order valence-electron chi connectivity index (χ3n) is 3.68. The first-order valence-corrected chi connectivity index (χ1v) is 7.04. The zero-order valence-electron chi connectivity index (χ0n) is 11.0. The Morgan fingerprint density at radius 1 is 1.61 bits per heavy atom. The maximum absolute atomic E-state index is 12.1. The summed E-state index contributed by atoms with van der Waals surface area (Å²) in [6.07, 6.45) is 1.38. The van der Waals surface area contributed by atoms with Gasteiger partial charge >= 0.3 is 0 Å². The number of hydrogen-bond acceptors (Lipinski definition) is 3. The van der Waals surface area contributed by atoms with Crippen LogP contribution in [0.1, 0.15) is 35.1 Å². The van der Waals surface area contributed by atoms with E-state index in [0.717, 1.165) is 4.88 Å². The number of carbonyl (C=O) groups excluding carboxylic acids is 1. The van der Waals surface area contributed by atoms with E-state index >= 15 is 0 Å². The van der Waals surface area contributed by atoms with Crippen LogP contribution in [-0.4, -0.2) is 5.91 Å². The normalized spacial score (nSPS) is 26.2. The summed E-state index contributed by atoms with van der Waals surface area (Å²) >= 11 is 1.70. The van der Waals surface area contributed by atoms with Crippen molar-refractivity contribution in [1.82, 2.24) is 5.32 Å². The Balaban J connectivity index is 1.95. The Morgan fingerprint density at radius 3 is 2.72 bits per heavy atom. The number of aryl methyl sites for hydroxylation is 2. The second-order valence-corrected chi connectivity index (χ2v) is 6.68. The monoisotopic (exact) mass is 262 g/mol. The maximum Gasteiger partial charge on any atom is 0.240 e. The van der Waals surface area contributed by atoms with Crippen LogP contribution in [0.15, 0.2) is 6.07 Å². The van der Waals surface area contributed by atoms with Gasteiger partial charge in [0.05, 0.1) is 12.6 Å². The van der Waals surface area contributed by atoms with Gasteiger partial charge in [-0.3, -0.25) is 4.79 Å². The van der Waals surface area contributed by atoms with Crippen LogP contribution in [-0.2, 0) is 11.3 Å². The highest BCUT2D eigenvalue weighted by molar-refractivity contribution is 7.12. The number of nitriles is 1. The van der Waals surface area contributed by atoms with Crippen LogP contribution in [0.25, 0.3) is 0 Å². The third kappa shape index (κ3) is 2.28. The van der Waals surface area contributed by atoms with Gasteiger partial charge in [0.25, 0.3) is 0 Å². The van der Waals surface area contributed by atoms with Crippen molar-refractivity contribution >= 4 is 17.2 Å². The predicted molar refractivity (Wildman–Crippen MR) is 72.1 cm³/mol. The van der Waals surface area contributed by atoms with Crippen LogP contribution in [0, 0.1) is 36.5 Å². The molecule has 1 aromatic rings. The van der Waals surface area contributed by atoms with E-state index in [1.165, 1.54) is 10.4 Å². The average Bonchev–Trinajstić information content (AvgIpc) is 2.61. The Labute approximate surface area is 112 Å². The van der Waals surface area contributed by atoms with Crippen LogP contribution in [0.4, 0.5) is 0 Å². The van der Waals surface area contributed by atoms with Crippen molar-refractivity contribution < 1.29 is 4.79 Å². The van der Waals surface area contributed by atoms with Crippen LogP contribution in [0.3, 0.4) is 0 Å². The van der Waals surface area contributed by atoms with Gasteiger partial charge in [-0.1, -0.05) is 6.92 Å². The Hall–Kier alpha value is -1.34. The first-order chi connectivity index (χ1) is 8.47. The fourth-order valence-corrected chi connectivity index (χ4v) is 3.52. The minimum absolute atomic E-state index is 0.105. The summed E-state index contributed by atoms with van der Waals surface area (Å²) < 4.78 is 0. The van der Waals surface area contributed by atoms with E-state index in [9.17, 15) is 4.79 Å². The Bertz CT molecular complexity index is 487. The molecule has 3 nitrogen and oxygen atoms in total. The molecule has 18 heavy (non-hydrogen) atoms. The van der Waals surface area contributed by atoms with Crippen LogP contribution in [0.2, 0.25) is 0 Å². The van der Waals surface area contributed by atoms with Crippen molar-refractivity contribution in [2.24, 2.45) is 11.3 Å².